The van der Waals surface area contributed by atoms with Crippen LogP contribution >= 0.6 is 7.82 Å². The molecule has 0 heterocycles. The molecule has 0 fully saturated rings. The van der Waals surface area contributed by atoms with Gasteiger partial charge in [-0.1, -0.05) is 116 Å². The van der Waals surface area contributed by atoms with Crippen LogP contribution in [0.2, 0.25) is 0 Å². The van der Waals surface area contributed by atoms with Crippen LogP contribution in [0.15, 0.2) is 24.3 Å². The Kier molecular flexibility index (Phi) is 30.8. The molecular weight excluding hydrogens is 651 g/mol. The summed E-state index contributed by atoms with van der Waals surface area (Å²) in [5, 5.41) is 18.2. The fraction of sp³-hybridized carbons (Fsp3) is 0.811. The van der Waals surface area contributed by atoms with Crippen molar-refractivity contribution in [1.82, 2.24) is 0 Å². The van der Waals surface area contributed by atoms with E-state index in [1.54, 1.807) is 12.2 Å². The Labute approximate surface area is 295 Å². The molecule has 0 amide bonds. The topological polar surface area (TPSA) is 166 Å². The Hall–Kier alpha value is -1.88. The minimum atomic E-state index is -4.62. The molecule has 0 aromatic carbocycles. The smallest absolute Gasteiger partial charge is 0.462 e. The van der Waals surface area contributed by atoms with Gasteiger partial charge in [0.15, 0.2) is 11.9 Å². The summed E-state index contributed by atoms with van der Waals surface area (Å²) in [6, 6.07) is 0. The fourth-order valence-corrected chi connectivity index (χ4v) is 5.59. The summed E-state index contributed by atoms with van der Waals surface area (Å²) in [7, 11) is -4.62. The number of carbonyl (C=O) groups excluding carboxylic acids is 3. The third-order valence-corrected chi connectivity index (χ3v) is 8.71. The molecule has 3 atom stereocenters. The van der Waals surface area contributed by atoms with Crippen LogP contribution in [0.4, 0.5) is 0 Å². The van der Waals surface area contributed by atoms with Crippen molar-refractivity contribution in [1.29, 1.82) is 0 Å². The van der Waals surface area contributed by atoms with Crippen molar-refractivity contribution in [3.05, 3.63) is 24.3 Å². The summed E-state index contributed by atoms with van der Waals surface area (Å²) in [6.07, 6.45) is 23.0. The Bertz CT molecular complexity index is 951. The van der Waals surface area contributed by atoms with E-state index in [1.807, 2.05) is 6.08 Å². The molecule has 286 valence electrons. The van der Waals surface area contributed by atoms with Crippen LogP contribution in [0.5, 0.6) is 0 Å². The first-order valence-electron chi connectivity index (χ1n) is 18.6. The van der Waals surface area contributed by atoms with Gasteiger partial charge in [-0.15, -0.1) is 0 Å². The van der Waals surface area contributed by atoms with Crippen molar-refractivity contribution in [2.75, 3.05) is 26.4 Å². The quantitative estimate of drug-likeness (QED) is 0.0194. The number of esters is 2. The first-order chi connectivity index (χ1) is 23.5. The van der Waals surface area contributed by atoms with Gasteiger partial charge in [0.25, 0.3) is 0 Å². The van der Waals surface area contributed by atoms with E-state index in [1.165, 1.54) is 25.7 Å². The molecule has 0 spiro atoms. The number of phosphoric ester groups is 1. The number of phosphoric acid groups is 1. The molecule has 12 heteroatoms. The van der Waals surface area contributed by atoms with Gasteiger partial charge in [-0.3, -0.25) is 23.4 Å². The van der Waals surface area contributed by atoms with Crippen LogP contribution in [0.3, 0.4) is 0 Å². The van der Waals surface area contributed by atoms with Gasteiger partial charge in [-0.2, -0.15) is 0 Å². The van der Waals surface area contributed by atoms with Gasteiger partial charge >= 0.3 is 19.8 Å². The summed E-state index contributed by atoms with van der Waals surface area (Å²) < 4.78 is 32.5. The zero-order valence-electron chi connectivity index (χ0n) is 30.6. The van der Waals surface area contributed by atoms with Crippen molar-refractivity contribution < 1.29 is 52.6 Å². The Morgan fingerprint density at radius 1 is 0.714 bits per heavy atom. The van der Waals surface area contributed by atoms with E-state index in [2.05, 4.69) is 31.4 Å². The number of aliphatic hydroxyl groups excluding tert-OH is 2. The minimum Gasteiger partial charge on any atom is -0.462 e. The molecule has 49 heavy (non-hydrogen) atoms. The van der Waals surface area contributed by atoms with E-state index in [0.717, 1.165) is 76.5 Å². The van der Waals surface area contributed by atoms with Gasteiger partial charge in [0.2, 0.25) is 0 Å². The highest BCUT2D eigenvalue weighted by molar-refractivity contribution is 7.47. The highest BCUT2D eigenvalue weighted by atomic mass is 31.2. The van der Waals surface area contributed by atoms with E-state index in [9.17, 15) is 28.9 Å². The lowest BCUT2D eigenvalue weighted by atomic mass is 10.0. The van der Waals surface area contributed by atoms with Crippen LogP contribution < -0.4 is 0 Å². The number of ether oxygens (including phenoxy) is 2. The Morgan fingerprint density at radius 2 is 1.29 bits per heavy atom. The van der Waals surface area contributed by atoms with Crippen LogP contribution in [0.25, 0.3) is 0 Å². The molecule has 0 rings (SSSR count). The van der Waals surface area contributed by atoms with Crippen LogP contribution in [-0.4, -0.2) is 71.5 Å². The average molecular weight is 719 g/mol. The molecule has 0 aliphatic carbocycles. The second-order valence-corrected chi connectivity index (χ2v) is 14.6. The van der Waals surface area contributed by atoms with E-state index in [-0.39, 0.29) is 25.2 Å². The lowest BCUT2D eigenvalue weighted by Crippen LogP contribution is -2.29. The lowest BCUT2D eigenvalue weighted by molar-refractivity contribution is -0.161. The number of hydrogen-bond donors (Lipinski definition) is 3. The molecular formula is C37H67O11P. The molecule has 0 aromatic rings. The van der Waals surface area contributed by atoms with Crippen molar-refractivity contribution >= 4 is 25.5 Å². The maximum absolute atomic E-state index is 12.5. The number of aliphatic hydroxyl groups is 2. The molecule has 1 unspecified atom stereocenters. The van der Waals surface area contributed by atoms with Crippen LogP contribution in [0, 0.1) is 5.92 Å². The van der Waals surface area contributed by atoms with Crippen LogP contribution in [0.1, 0.15) is 149 Å². The molecule has 0 aliphatic rings. The predicted octanol–water partition coefficient (Wildman–Crippen LogP) is 8.09. The number of rotatable bonds is 34. The molecule has 0 radical (unpaired) electrons. The highest BCUT2D eigenvalue weighted by Gasteiger charge is 2.27. The van der Waals surface area contributed by atoms with Crippen molar-refractivity contribution in [2.24, 2.45) is 5.92 Å². The van der Waals surface area contributed by atoms with E-state index >= 15 is 0 Å². The van der Waals surface area contributed by atoms with Gasteiger partial charge in [-0.25, -0.2) is 4.57 Å². The monoisotopic (exact) mass is 718 g/mol. The molecule has 0 aromatic heterocycles. The molecule has 0 saturated heterocycles. The number of carbonyl (C=O) groups is 3. The minimum absolute atomic E-state index is 0.165. The number of ketones is 1. The second-order valence-electron chi connectivity index (χ2n) is 13.1. The molecule has 11 nitrogen and oxygen atoms in total. The largest absolute Gasteiger partial charge is 0.472 e. The normalized spacial score (nSPS) is 14.3. The van der Waals surface area contributed by atoms with Crippen molar-refractivity contribution in [3.8, 4) is 0 Å². The van der Waals surface area contributed by atoms with Gasteiger partial charge in [0.05, 0.1) is 19.8 Å². The SMILES string of the molecule is CCCCCC(=O)/C=C/C=C\CCCCCCCC(=O)OC[C@H](COP(=O)(O)OC[C@@H](O)CO)OC(=O)CCCCCCCCCC(C)C. The number of hydrogen-bond acceptors (Lipinski definition) is 10. The van der Waals surface area contributed by atoms with Gasteiger partial charge in [-0.05, 0) is 44.1 Å². The fourth-order valence-electron chi connectivity index (χ4n) is 4.80. The standard InChI is InChI=1S/C37H67O11P/c1-4-5-18-24-33(39)25-20-15-11-7-6-8-12-16-21-26-36(41)45-30-35(31-47-49(43,44)46-29-34(40)28-38)48-37(42)27-22-17-13-9-10-14-19-23-32(2)3/h11,15,20,25,32,34-35,38,40H,4-10,12-14,16-19,21-24,26-31H2,1-3H3,(H,43,44)/b15-11-,25-20+/t34-,35+/m0/s1. The summed E-state index contributed by atoms with van der Waals surface area (Å²) in [5.74, 6) is -0.0959. The van der Waals surface area contributed by atoms with Crippen LogP contribution in [-0.2, 0) is 37.5 Å². The summed E-state index contributed by atoms with van der Waals surface area (Å²) >= 11 is 0. The third-order valence-electron chi connectivity index (χ3n) is 7.76. The average Bonchev–Trinajstić information content (AvgIpc) is 3.06. The zero-order valence-corrected chi connectivity index (χ0v) is 31.5. The summed E-state index contributed by atoms with van der Waals surface area (Å²) in [6.45, 7) is 4.39. The summed E-state index contributed by atoms with van der Waals surface area (Å²) in [5.41, 5.74) is 0. The van der Waals surface area contributed by atoms with E-state index in [4.69, 9.17) is 19.1 Å². The molecule has 0 saturated carbocycles. The predicted molar refractivity (Wildman–Crippen MR) is 192 cm³/mol. The maximum Gasteiger partial charge on any atom is 0.472 e. The Morgan fingerprint density at radius 3 is 1.92 bits per heavy atom. The second kappa shape index (κ2) is 32.1. The van der Waals surface area contributed by atoms with Crippen molar-refractivity contribution in [3.63, 3.8) is 0 Å². The third kappa shape index (κ3) is 33.0. The summed E-state index contributed by atoms with van der Waals surface area (Å²) in [4.78, 5) is 46.4. The first kappa shape index (κ1) is 47.1. The molecule has 0 aliphatic heterocycles. The maximum atomic E-state index is 12.5. The zero-order chi connectivity index (χ0) is 36.6. The first-order valence-corrected chi connectivity index (χ1v) is 20.1. The molecule has 0 bridgehead atoms. The lowest BCUT2D eigenvalue weighted by Gasteiger charge is -2.20. The van der Waals surface area contributed by atoms with E-state index in [0.29, 0.717) is 19.3 Å². The van der Waals surface area contributed by atoms with Gasteiger partial charge < -0.3 is 24.6 Å². The Balaban J connectivity index is 4.43. The highest BCUT2D eigenvalue weighted by Crippen LogP contribution is 2.43. The van der Waals surface area contributed by atoms with E-state index < -0.39 is 51.8 Å². The number of unbranched alkanes of at least 4 members (excludes halogenated alkanes) is 13. The van der Waals surface area contributed by atoms with Gasteiger partial charge in [0, 0.05) is 19.3 Å². The molecule has 3 N–H and O–H groups in total. The van der Waals surface area contributed by atoms with Crippen molar-refractivity contribution in [2.45, 2.75) is 161 Å². The van der Waals surface area contributed by atoms with Gasteiger partial charge in [0.1, 0.15) is 12.7 Å². The number of allylic oxidation sites excluding steroid dienone is 4.